The number of hydrogen-bond donors (Lipinski definition) is 2. The number of aliphatic hydroxyl groups excluding tert-OH is 1. The van der Waals surface area contributed by atoms with Gasteiger partial charge in [0.05, 0.1) is 6.33 Å². The van der Waals surface area contributed by atoms with Crippen LogP contribution in [0.1, 0.15) is 13.2 Å². The maximum Gasteiger partial charge on any atom is 0.302 e. The van der Waals surface area contributed by atoms with Gasteiger partial charge in [0.1, 0.15) is 30.7 Å². The van der Waals surface area contributed by atoms with Crippen LogP contribution in [0.2, 0.25) is 0 Å². The molecule has 0 aliphatic carbocycles. The van der Waals surface area contributed by atoms with Crippen molar-refractivity contribution in [3.63, 3.8) is 0 Å². The van der Waals surface area contributed by atoms with Gasteiger partial charge < -0.3 is 20.3 Å². The van der Waals surface area contributed by atoms with Gasteiger partial charge in [-0.15, -0.1) is 0 Å². The number of imidazole rings is 1. The Labute approximate surface area is 123 Å². The number of rotatable bonds is 3. The molecule has 118 valence electrons. The molecule has 22 heavy (non-hydrogen) atoms. The summed E-state index contributed by atoms with van der Waals surface area (Å²) in [5, 5.41) is 10.0. The molecule has 2 aromatic heterocycles. The first-order valence-corrected chi connectivity index (χ1v) is 6.53. The molecule has 4 atom stereocenters. The SMILES string of the molecule is CC(=O)OC[C@H]1O[C@@H](n2cnc3c(N)ncnc32)[C@H](O)[C@@H]1F. The minimum absolute atomic E-state index is 0.171. The van der Waals surface area contributed by atoms with Gasteiger partial charge in [0.25, 0.3) is 0 Å². The minimum Gasteiger partial charge on any atom is -0.463 e. The number of carbonyl (C=O) groups excluding carboxylic acids is 1. The molecule has 0 bridgehead atoms. The topological polar surface area (TPSA) is 125 Å². The summed E-state index contributed by atoms with van der Waals surface area (Å²) in [5.41, 5.74) is 6.32. The van der Waals surface area contributed by atoms with Gasteiger partial charge in [-0.2, -0.15) is 0 Å². The van der Waals surface area contributed by atoms with Crippen LogP contribution in [0.4, 0.5) is 10.2 Å². The summed E-state index contributed by atoms with van der Waals surface area (Å²) < 4.78 is 25.6. The summed E-state index contributed by atoms with van der Waals surface area (Å²) in [6.07, 6.45) is -2.70. The molecule has 9 nitrogen and oxygen atoms in total. The monoisotopic (exact) mass is 311 g/mol. The Balaban J connectivity index is 1.87. The van der Waals surface area contributed by atoms with Crippen LogP contribution in [0.25, 0.3) is 11.2 Å². The van der Waals surface area contributed by atoms with Crippen molar-refractivity contribution >= 4 is 23.0 Å². The summed E-state index contributed by atoms with van der Waals surface area (Å²) >= 11 is 0. The van der Waals surface area contributed by atoms with E-state index in [0.29, 0.717) is 11.2 Å². The Kier molecular flexibility index (Phi) is 3.62. The average molecular weight is 311 g/mol. The lowest BCUT2D eigenvalue weighted by Crippen LogP contribution is -2.30. The van der Waals surface area contributed by atoms with Crippen LogP contribution < -0.4 is 5.73 Å². The zero-order valence-corrected chi connectivity index (χ0v) is 11.6. The second-order valence-corrected chi connectivity index (χ2v) is 4.89. The summed E-state index contributed by atoms with van der Waals surface area (Å²) in [6.45, 7) is 0.924. The highest BCUT2D eigenvalue weighted by molar-refractivity contribution is 5.81. The number of fused-ring (bicyclic) bond motifs is 1. The zero-order chi connectivity index (χ0) is 15.9. The molecular formula is C12H14FN5O4. The van der Waals surface area contributed by atoms with Crippen molar-refractivity contribution in [2.75, 3.05) is 12.3 Å². The summed E-state index contributed by atoms with van der Waals surface area (Å²) in [4.78, 5) is 22.7. The third kappa shape index (κ3) is 2.35. The lowest BCUT2D eigenvalue weighted by atomic mass is 10.1. The number of aromatic nitrogens is 4. The van der Waals surface area contributed by atoms with Crippen LogP contribution >= 0.6 is 0 Å². The number of nitrogens with zero attached hydrogens (tertiary/aromatic N) is 4. The van der Waals surface area contributed by atoms with E-state index in [2.05, 4.69) is 15.0 Å². The molecule has 0 aromatic carbocycles. The van der Waals surface area contributed by atoms with E-state index in [9.17, 15) is 14.3 Å². The zero-order valence-electron chi connectivity index (χ0n) is 11.6. The van der Waals surface area contributed by atoms with Crippen molar-refractivity contribution in [1.29, 1.82) is 0 Å². The Bertz CT molecular complexity index is 708. The van der Waals surface area contributed by atoms with Gasteiger partial charge in [0.2, 0.25) is 0 Å². The molecule has 3 rings (SSSR count). The van der Waals surface area contributed by atoms with Gasteiger partial charge >= 0.3 is 5.97 Å². The molecule has 0 spiro atoms. The number of alkyl halides is 1. The van der Waals surface area contributed by atoms with Crippen LogP contribution in [0.3, 0.4) is 0 Å². The number of halogens is 1. The average Bonchev–Trinajstić information content (AvgIpc) is 3.01. The standard InChI is InChI=1S/C12H14FN5O4/c1-5(19)21-2-6-7(13)9(20)12(22-6)18-4-17-8-10(14)15-3-16-11(8)18/h3-4,6-7,9,12,20H,2H2,1H3,(H2,14,15,16)/t6-,7-,9-,12-/m1/s1. The molecule has 0 amide bonds. The first kappa shape index (κ1) is 14.6. The van der Waals surface area contributed by atoms with E-state index in [1.807, 2.05) is 0 Å². The fourth-order valence-corrected chi connectivity index (χ4v) is 2.33. The molecule has 0 unspecified atom stereocenters. The summed E-state index contributed by atoms with van der Waals surface area (Å²) in [7, 11) is 0. The molecule has 0 radical (unpaired) electrons. The van der Waals surface area contributed by atoms with E-state index in [4.69, 9.17) is 15.2 Å². The van der Waals surface area contributed by atoms with Gasteiger partial charge in [-0.1, -0.05) is 0 Å². The van der Waals surface area contributed by atoms with Crippen LogP contribution in [0.5, 0.6) is 0 Å². The molecule has 3 heterocycles. The highest BCUT2D eigenvalue weighted by Gasteiger charge is 2.46. The molecule has 0 saturated carbocycles. The quantitative estimate of drug-likeness (QED) is 0.731. The number of nitrogen functional groups attached to an aromatic ring is 1. The van der Waals surface area contributed by atoms with Crippen molar-refractivity contribution < 1.29 is 23.8 Å². The molecule has 1 aliphatic heterocycles. The second-order valence-electron chi connectivity index (χ2n) is 4.89. The van der Waals surface area contributed by atoms with Crippen LogP contribution in [-0.4, -0.2) is 55.6 Å². The molecule has 3 N–H and O–H groups in total. The smallest absolute Gasteiger partial charge is 0.302 e. The third-order valence-corrected chi connectivity index (χ3v) is 3.40. The number of aliphatic hydroxyl groups is 1. The number of esters is 1. The van der Waals surface area contributed by atoms with Crippen molar-refractivity contribution in [3.8, 4) is 0 Å². The fraction of sp³-hybridized carbons (Fsp3) is 0.500. The lowest BCUT2D eigenvalue weighted by Gasteiger charge is -2.16. The Morgan fingerprint density at radius 3 is 3.05 bits per heavy atom. The van der Waals surface area contributed by atoms with E-state index in [1.54, 1.807) is 0 Å². The van der Waals surface area contributed by atoms with Gasteiger partial charge in [-0.05, 0) is 0 Å². The third-order valence-electron chi connectivity index (χ3n) is 3.40. The fourth-order valence-electron chi connectivity index (χ4n) is 2.33. The van der Waals surface area contributed by atoms with E-state index in [1.165, 1.54) is 24.1 Å². The highest BCUT2D eigenvalue weighted by Crippen LogP contribution is 2.33. The predicted molar refractivity (Wildman–Crippen MR) is 71.2 cm³/mol. The van der Waals surface area contributed by atoms with Gasteiger partial charge in [0.15, 0.2) is 23.9 Å². The number of hydrogen-bond acceptors (Lipinski definition) is 8. The van der Waals surface area contributed by atoms with E-state index in [0.717, 1.165) is 0 Å². The highest BCUT2D eigenvalue weighted by atomic mass is 19.1. The molecule has 2 aromatic rings. The van der Waals surface area contributed by atoms with Crippen molar-refractivity contribution in [3.05, 3.63) is 12.7 Å². The number of nitrogens with two attached hydrogens (primary N) is 1. The van der Waals surface area contributed by atoms with Gasteiger partial charge in [-0.25, -0.2) is 19.3 Å². The molecular weight excluding hydrogens is 297 g/mol. The van der Waals surface area contributed by atoms with Crippen molar-refractivity contribution in [1.82, 2.24) is 19.5 Å². The Hall–Kier alpha value is -2.33. The van der Waals surface area contributed by atoms with E-state index < -0.39 is 30.6 Å². The molecule has 1 aliphatic rings. The Morgan fingerprint density at radius 2 is 2.32 bits per heavy atom. The second kappa shape index (κ2) is 5.46. The molecule has 10 heteroatoms. The first-order valence-electron chi connectivity index (χ1n) is 6.53. The first-order chi connectivity index (χ1) is 10.5. The van der Waals surface area contributed by atoms with Crippen molar-refractivity contribution in [2.24, 2.45) is 0 Å². The van der Waals surface area contributed by atoms with Gasteiger partial charge in [-0.3, -0.25) is 9.36 Å². The van der Waals surface area contributed by atoms with Gasteiger partial charge in [0, 0.05) is 6.92 Å². The van der Waals surface area contributed by atoms with Crippen LogP contribution in [0.15, 0.2) is 12.7 Å². The van der Waals surface area contributed by atoms with Crippen LogP contribution in [0, 0.1) is 0 Å². The number of carbonyl (C=O) groups is 1. The summed E-state index contributed by atoms with van der Waals surface area (Å²) in [6, 6.07) is 0. The molecule has 1 saturated heterocycles. The largest absolute Gasteiger partial charge is 0.463 e. The normalized spacial score (nSPS) is 28.1. The number of anilines is 1. The lowest BCUT2D eigenvalue weighted by molar-refractivity contribution is -0.146. The van der Waals surface area contributed by atoms with Crippen LogP contribution in [-0.2, 0) is 14.3 Å². The number of ether oxygens (including phenoxy) is 2. The maximum absolute atomic E-state index is 14.1. The van der Waals surface area contributed by atoms with E-state index >= 15 is 0 Å². The molecule has 1 fully saturated rings. The van der Waals surface area contributed by atoms with E-state index in [-0.39, 0.29) is 12.4 Å². The van der Waals surface area contributed by atoms with Crippen molar-refractivity contribution in [2.45, 2.75) is 31.5 Å². The minimum atomic E-state index is -1.71. The Morgan fingerprint density at radius 1 is 1.55 bits per heavy atom. The summed E-state index contributed by atoms with van der Waals surface area (Å²) in [5.74, 6) is -0.383. The maximum atomic E-state index is 14.1. The predicted octanol–water partition coefficient (Wildman–Crippen LogP) is -0.432.